The highest BCUT2D eigenvalue weighted by Crippen LogP contribution is 2.21. The normalized spacial score (nSPS) is 10.2. The quantitative estimate of drug-likeness (QED) is 0.772. The Hall–Kier alpha value is -2.56. The molecule has 0 spiro atoms. The van der Waals surface area contributed by atoms with E-state index in [1.54, 1.807) is 6.07 Å². The zero-order valence-corrected chi connectivity index (χ0v) is 10.6. The molecule has 0 bridgehead atoms. The van der Waals surface area contributed by atoms with E-state index in [9.17, 15) is 15.0 Å². The lowest BCUT2D eigenvalue weighted by atomic mass is 10.2. The summed E-state index contributed by atoms with van der Waals surface area (Å²) in [5.41, 5.74) is 1.95. The maximum absolute atomic E-state index is 12.0. The van der Waals surface area contributed by atoms with Crippen molar-refractivity contribution in [3.05, 3.63) is 47.2 Å². The molecule has 0 unspecified atom stereocenters. The van der Waals surface area contributed by atoms with Gasteiger partial charge in [-0.2, -0.15) is 0 Å². The second kappa shape index (κ2) is 4.97. The SMILES string of the molecule is Cc1cc(C)nc(NC(=O)c2cc(O)cc(O)c2)c1. The second-order valence-corrected chi connectivity index (χ2v) is 4.36. The fourth-order valence-electron chi connectivity index (χ4n) is 1.82. The van der Waals surface area contributed by atoms with E-state index < -0.39 is 5.91 Å². The number of amides is 1. The first kappa shape index (κ1) is 12.9. The van der Waals surface area contributed by atoms with Crippen LogP contribution in [-0.4, -0.2) is 21.1 Å². The molecule has 2 aromatic rings. The number of aromatic nitrogens is 1. The van der Waals surface area contributed by atoms with Gasteiger partial charge in [0.2, 0.25) is 0 Å². The summed E-state index contributed by atoms with van der Waals surface area (Å²) in [6, 6.07) is 7.35. The number of hydrogen-bond acceptors (Lipinski definition) is 4. The summed E-state index contributed by atoms with van der Waals surface area (Å²) in [6.07, 6.45) is 0. The van der Waals surface area contributed by atoms with Gasteiger partial charge < -0.3 is 15.5 Å². The Morgan fingerprint density at radius 1 is 1.05 bits per heavy atom. The number of carbonyl (C=O) groups is 1. The summed E-state index contributed by atoms with van der Waals surface area (Å²) in [6.45, 7) is 3.74. The van der Waals surface area contributed by atoms with Crippen molar-refractivity contribution in [1.29, 1.82) is 0 Å². The summed E-state index contributed by atoms with van der Waals surface area (Å²) in [7, 11) is 0. The van der Waals surface area contributed by atoms with Crippen molar-refractivity contribution in [1.82, 2.24) is 4.98 Å². The van der Waals surface area contributed by atoms with Gasteiger partial charge in [-0.15, -0.1) is 0 Å². The first-order valence-electron chi connectivity index (χ1n) is 5.74. The molecule has 98 valence electrons. The number of aromatic hydroxyl groups is 2. The third kappa shape index (κ3) is 3.22. The largest absolute Gasteiger partial charge is 0.508 e. The number of phenols is 2. The molecule has 5 nitrogen and oxygen atoms in total. The van der Waals surface area contributed by atoms with Gasteiger partial charge in [-0.05, 0) is 43.7 Å². The molecule has 3 N–H and O–H groups in total. The van der Waals surface area contributed by atoms with Crippen LogP contribution < -0.4 is 5.32 Å². The number of aryl methyl sites for hydroxylation is 2. The molecule has 1 aromatic heterocycles. The van der Waals surface area contributed by atoms with Crippen molar-refractivity contribution >= 4 is 11.7 Å². The lowest BCUT2D eigenvalue weighted by molar-refractivity contribution is 0.102. The number of nitrogens with one attached hydrogen (secondary N) is 1. The van der Waals surface area contributed by atoms with E-state index in [0.717, 1.165) is 17.3 Å². The third-order valence-corrected chi connectivity index (χ3v) is 2.50. The standard InChI is InChI=1S/C14H14N2O3/c1-8-3-9(2)15-13(4-8)16-14(19)10-5-11(17)7-12(18)6-10/h3-7,17-18H,1-2H3,(H,15,16,19). The van der Waals surface area contributed by atoms with Gasteiger partial charge in [0.05, 0.1) is 0 Å². The molecule has 0 saturated carbocycles. The van der Waals surface area contributed by atoms with Gasteiger partial charge in [-0.1, -0.05) is 0 Å². The molecule has 0 aliphatic rings. The molecule has 0 atom stereocenters. The predicted molar refractivity (Wildman–Crippen MR) is 71.4 cm³/mol. The molecule has 19 heavy (non-hydrogen) atoms. The van der Waals surface area contributed by atoms with Crippen LogP contribution in [0.3, 0.4) is 0 Å². The van der Waals surface area contributed by atoms with Crippen molar-refractivity contribution in [2.24, 2.45) is 0 Å². The van der Waals surface area contributed by atoms with Crippen LogP contribution >= 0.6 is 0 Å². The second-order valence-electron chi connectivity index (χ2n) is 4.36. The fourth-order valence-corrected chi connectivity index (χ4v) is 1.82. The van der Waals surface area contributed by atoms with Crippen molar-refractivity contribution < 1.29 is 15.0 Å². The van der Waals surface area contributed by atoms with Gasteiger partial charge in [-0.3, -0.25) is 4.79 Å². The van der Waals surface area contributed by atoms with Crippen molar-refractivity contribution in [3.63, 3.8) is 0 Å². The van der Waals surface area contributed by atoms with E-state index in [1.807, 2.05) is 19.9 Å². The van der Waals surface area contributed by atoms with Gasteiger partial charge in [0.25, 0.3) is 5.91 Å². The Morgan fingerprint density at radius 3 is 2.26 bits per heavy atom. The monoisotopic (exact) mass is 258 g/mol. The van der Waals surface area contributed by atoms with Crippen molar-refractivity contribution in [3.8, 4) is 11.5 Å². The van der Waals surface area contributed by atoms with Crippen LogP contribution in [0.15, 0.2) is 30.3 Å². The Bertz CT molecular complexity index is 598. The molecule has 1 amide bonds. The Labute approximate surface area is 110 Å². The fraction of sp³-hybridized carbons (Fsp3) is 0.143. The van der Waals surface area contributed by atoms with Gasteiger partial charge in [-0.25, -0.2) is 4.98 Å². The van der Waals surface area contributed by atoms with Crippen molar-refractivity contribution in [2.45, 2.75) is 13.8 Å². The van der Waals surface area contributed by atoms with E-state index >= 15 is 0 Å². The minimum absolute atomic E-state index is 0.165. The number of nitrogens with zero attached hydrogens (tertiary/aromatic N) is 1. The van der Waals surface area contributed by atoms with Gasteiger partial charge in [0.1, 0.15) is 17.3 Å². The van der Waals surface area contributed by atoms with E-state index in [4.69, 9.17) is 0 Å². The van der Waals surface area contributed by atoms with Crippen LogP contribution in [0.5, 0.6) is 11.5 Å². The number of carbonyl (C=O) groups excluding carboxylic acids is 1. The molecule has 0 aliphatic heterocycles. The molecule has 2 rings (SSSR count). The van der Waals surface area contributed by atoms with E-state index in [1.165, 1.54) is 12.1 Å². The van der Waals surface area contributed by atoms with Gasteiger partial charge in [0.15, 0.2) is 0 Å². The molecule has 0 fully saturated rings. The number of benzene rings is 1. The van der Waals surface area contributed by atoms with Crippen LogP contribution in [0, 0.1) is 13.8 Å². The average molecular weight is 258 g/mol. The van der Waals surface area contributed by atoms with Crippen LogP contribution in [-0.2, 0) is 0 Å². The van der Waals surface area contributed by atoms with E-state index in [-0.39, 0.29) is 17.1 Å². The Balaban J connectivity index is 2.25. The van der Waals surface area contributed by atoms with E-state index in [0.29, 0.717) is 5.82 Å². The number of hydrogen-bond donors (Lipinski definition) is 3. The van der Waals surface area contributed by atoms with Crippen molar-refractivity contribution in [2.75, 3.05) is 5.32 Å². The van der Waals surface area contributed by atoms with E-state index in [2.05, 4.69) is 10.3 Å². The minimum Gasteiger partial charge on any atom is -0.508 e. The summed E-state index contributed by atoms with van der Waals surface area (Å²) in [5.74, 6) is -0.342. The average Bonchev–Trinajstić information content (AvgIpc) is 2.25. The zero-order chi connectivity index (χ0) is 14.0. The topological polar surface area (TPSA) is 82.5 Å². The Kier molecular flexibility index (Phi) is 3.37. The number of anilines is 1. The summed E-state index contributed by atoms with van der Waals surface area (Å²) in [5, 5.41) is 21.3. The first-order chi connectivity index (χ1) is 8.94. The summed E-state index contributed by atoms with van der Waals surface area (Å²) >= 11 is 0. The van der Waals surface area contributed by atoms with Crippen LogP contribution in [0.4, 0.5) is 5.82 Å². The number of phenolic OH excluding ortho intramolecular Hbond substituents is 2. The molecular formula is C14H14N2O3. The third-order valence-electron chi connectivity index (χ3n) is 2.50. The maximum atomic E-state index is 12.0. The van der Waals surface area contributed by atoms with Gasteiger partial charge in [0, 0.05) is 17.3 Å². The smallest absolute Gasteiger partial charge is 0.257 e. The summed E-state index contributed by atoms with van der Waals surface area (Å²) < 4.78 is 0. The molecule has 0 aliphatic carbocycles. The van der Waals surface area contributed by atoms with Crippen LogP contribution in [0.25, 0.3) is 0 Å². The molecular weight excluding hydrogens is 244 g/mol. The van der Waals surface area contributed by atoms with Crippen LogP contribution in [0.1, 0.15) is 21.6 Å². The molecule has 0 radical (unpaired) electrons. The molecule has 1 heterocycles. The number of rotatable bonds is 2. The molecule has 0 saturated heterocycles. The lowest BCUT2D eigenvalue weighted by Crippen LogP contribution is -2.13. The molecule has 1 aromatic carbocycles. The van der Waals surface area contributed by atoms with Gasteiger partial charge >= 0.3 is 0 Å². The molecule has 5 heteroatoms. The maximum Gasteiger partial charge on any atom is 0.257 e. The highest BCUT2D eigenvalue weighted by atomic mass is 16.3. The first-order valence-corrected chi connectivity index (χ1v) is 5.74. The predicted octanol–water partition coefficient (Wildman–Crippen LogP) is 2.36. The number of pyridine rings is 1. The van der Waals surface area contributed by atoms with Crippen LogP contribution in [0.2, 0.25) is 0 Å². The summed E-state index contributed by atoms with van der Waals surface area (Å²) in [4.78, 5) is 16.2. The highest BCUT2D eigenvalue weighted by molar-refractivity contribution is 6.04. The zero-order valence-electron chi connectivity index (χ0n) is 10.6. The Morgan fingerprint density at radius 2 is 1.68 bits per heavy atom. The highest BCUT2D eigenvalue weighted by Gasteiger charge is 2.10. The lowest BCUT2D eigenvalue weighted by Gasteiger charge is -2.07. The minimum atomic E-state index is -0.441.